The van der Waals surface area contributed by atoms with Gasteiger partial charge in [-0.25, -0.2) is 0 Å². The topological polar surface area (TPSA) is 26.3 Å². The molecule has 0 unspecified atom stereocenters. The van der Waals surface area contributed by atoms with Crippen molar-refractivity contribution >= 4 is 40.7 Å². The predicted octanol–water partition coefficient (Wildman–Crippen LogP) is 9.09. The molecule has 1 aromatic heterocycles. The SMILES string of the molecule is [CH]1[CH][CH][CH][CH]1.[CH]1[CH][C](c2cccc3ccccc23)[C](p2oc3ccccc3c3ccccc3o2)[CH]1.[Fe+2]. The van der Waals surface area contributed by atoms with Crippen molar-refractivity contribution in [2.75, 3.05) is 0 Å². The van der Waals surface area contributed by atoms with E-state index >= 15 is 0 Å². The Morgan fingerprint density at radius 3 is 1.64 bits per heavy atom. The number of para-hydroxylation sites is 2. The van der Waals surface area contributed by atoms with Gasteiger partial charge in [-0.05, 0) is 79.8 Å². The Morgan fingerprint density at radius 2 is 1.00 bits per heavy atom. The second-order valence-electron chi connectivity index (χ2n) is 8.25. The molecule has 10 radical (unpaired) electrons. The normalized spacial score (nSPS) is 16.1. The van der Waals surface area contributed by atoms with Gasteiger partial charge in [0.15, 0.2) is 0 Å². The van der Waals surface area contributed by atoms with Crippen LogP contribution < -0.4 is 0 Å². The van der Waals surface area contributed by atoms with E-state index < -0.39 is 8.01 Å². The van der Waals surface area contributed by atoms with Crippen LogP contribution in [0.3, 0.4) is 0 Å². The fraction of sp³-hybridized carbons (Fsp3) is 0. The second-order valence-corrected chi connectivity index (χ2v) is 9.61. The van der Waals surface area contributed by atoms with Gasteiger partial charge >= 0.3 is 17.1 Å². The minimum Gasteiger partial charge on any atom is -0.419 e. The average Bonchev–Trinajstić information content (AvgIpc) is 3.62. The molecule has 0 N–H and O–H groups in total. The maximum absolute atomic E-state index is 6.50. The van der Waals surface area contributed by atoms with Gasteiger partial charge in [-0.3, -0.25) is 0 Å². The van der Waals surface area contributed by atoms with Gasteiger partial charge in [-0.2, -0.15) is 0 Å². The average molecular weight is 526 g/mol. The van der Waals surface area contributed by atoms with Crippen LogP contribution in [0.4, 0.5) is 0 Å². The molecule has 36 heavy (non-hydrogen) atoms. The Balaban J connectivity index is 0.000000400. The Hall–Kier alpha value is -2.44. The van der Waals surface area contributed by atoms with Crippen LogP contribution in [0.15, 0.2) is 99.4 Å². The molecular weight excluding hydrogens is 503 g/mol. The van der Waals surface area contributed by atoms with Crippen molar-refractivity contribution in [2.45, 2.75) is 0 Å². The summed E-state index contributed by atoms with van der Waals surface area (Å²) in [4.78, 5) is 0. The number of fused-ring (bicyclic) bond motifs is 4. The first-order valence-electron chi connectivity index (χ1n) is 11.6. The van der Waals surface area contributed by atoms with Crippen LogP contribution in [0.1, 0.15) is 5.56 Å². The van der Waals surface area contributed by atoms with Crippen LogP contribution >= 0.6 is 8.01 Å². The zero-order chi connectivity index (χ0) is 23.5. The number of benzene rings is 4. The van der Waals surface area contributed by atoms with Crippen molar-refractivity contribution in [3.8, 4) is 0 Å². The quantitative estimate of drug-likeness (QED) is 0.215. The third kappa shape index (κ3) is 5.16. The molecule has 2 aliphatic carbocycles. The fourth-order valence-electron chi connectivity index (χ4n) is 4.41. The monoisotopic (exact) mass is 526 g/mol. The van der Waals surface area contributed by atoms with E-state index in [0.29, 0.717) is 0 Å². The summed E-state index contributed by atoms with van der Waals surface area (Å²) < 4.78 is 13.0. The Kier molecular flexibility index (Phi) is 8.22. The minimum absolute atomic E-state index is 0. The van der Waals surface area contributed by atoms with E-state index in [2.05, 4.69) is 73.9 Å². The third-order valence-corrected chi connectivity index (χ3v) is 7.56. The molecule has 1 heterocycles. The number of hydrogen-bond acceptors (Lipinski definition) is 2. The summed E-state index contributed by atoms with van der Waals surface area (Å²) in [5.74, 6) is 1.16. The zero-order valence-corrected chi connectivity index (χ0v) is 21.4. The van der Waals surface area contributed by atoms with Gasteiger partial charge in [0.1, 0.15) is 16.8 Å². The first-order valence-corrected chi connectivity index (χ1v) is 12.8. The van der Waals surface area contributed by atoms with Crippen molar-refractivity contribution in [3.05, 3.63) is 160 Å². The van der Waals surface area contributed by atoms with Crippen LogP contribution in [0.5, 0.6) is 0 Å². The molecule has 0 aliphatic heterocycles. The molecule has 2 nitrogen and oxygen atoms in total. The summed E-state index contributed by atoms with van der Waals surface area (Å²) in [5.41, 5.74) is 4.01. The Labute approximate surface area is 225 Å². The van der Waals surface area contributed by atoms with Gasteiger partial charge in [0.2, 0.25) is 8.01 Å². The summed E-state index contributed by atoms with van der Waals surface area (Å²) in [5, 5.41) is 4.60. The van der Waals surface area contributed by atoms with Crippen LogP contribution in [-0.2, 0) is 17.1 Å². The van der Waals surface area contributed by atoms with Crippen LogP contribution in [0, 0.1) is 62.9 Å². The summed E-state index contributed by atoms with van der Waals surface area (Å²) >= 11 is 0. The molecule has 2 saturated carbocycles. The van der Waals surface area contributed by atoms with Crippen LogP contribution in [0.2, 0.25) is 0 Å². The largest absolute Gasteiger partial charge is 2.00 e. The Bertz CT molecular complexity index is 1420. The number of rotatable bonds is 2. The van der Waals surface area contributed by atoms with E-state index in [9.17, 15) is 0 Å². The molecule has 2 fully saturated rings. The zero-order valence-electron chi connectivity index (χ0n) is 19.4. The van der Waals surface area contributed by atoms with Gasteiger partial charge < -0.3 is 8.39 Å². The molecule has 2 aliphatic rings. The molecule has 4 aromatic carbocycles. The Morgan fingerprint density at radius 1 is 0.472 bits per heavy atom. The molecule has 0 spiro atoms. The van der Waals surface area contributed by atoms with Crippen molar-refractivity contribution in [3.63, 3.8) is 0 Å². The molecule has 0 amide bonds. The molecule has 0 saturated heterocycles. The minimum atomic E-state index is -1.33. The predicted molar refractivity (Wildman–Crippen MR) is 146 cm³/mol. The molecular formula is C32H23FeO2P+2. The van der Waals surface area contributed by atoms with Crippen molar-refractivity contribution in [2.24, 2.45) is 0 Å². The standard InChI is InChI=1S/C27H18O2P.C5H5.Fe/c1-2-11-20-19(9-1)10-7-14-21(20)24-15-8-18-27(24)30-28-25-16-5-3-12-22(25)23-13-4-6-17-26(23)29-30;1-2-4-5-3-1;/h1-18H;1-5H;/q;;+2. The first-order chi connectivity index (χ1) is 17.4. The summed E-state index contributed by atoms with van der Waals surface area (Å²) in [6, 6.07) is 31.3. The first kappa shape index (κ1) is 25.2. The van der Waals surface area contributed by atoms with Gasteiger partial charge in [-0.1, -0.05) is 78.9 Å². The van der Waals surface area contributed by atoms with E-state index in [4.69, 9.17) is 8.39 Å². The van der Waals surface area contributed by atoms with Crippen molar-refractivity contribution in [1.29, 1.82) is 0 Å². The second kappa shape index (κ2) is 11.7. The van der Waals surface area contributed by atoms with E-state index in [0.717, 1.165) is 33.5 Å². The van der Waals surface area contributed by atoms with E-state index in [-0.39, 0.29) is 17.1 Å². The van der Waals surface area contributed by atoms with Gasteiger partial charge in [-0.15, -0.1) is 0 Å². The van der Waals surface area contributed by atoms with Gasteiger partial charge in [0.25, 0.3) is 0 Å². The maximum Gasteiger partial charge on any atom is 2.00 e. The molecule has 174 valence electrons. The van der Waals surface area contributed by atoms with E-state index in [1.807, 2.05) is 68.5 Å². The molecule has 4 heteroatoms. The molecule has 0 bridgehead atoms. The molecule has 0 atom stereocenters. The summed E-state index contributed by atoms with van der Waals surface area (Å²) in [7, 11) is -1.33. The summed E-state index contributed by atoms with van der Waals surface area (Å²) in [6.45, 7) is 0. The molecule has 5 aromatic rings. The third-order valence-electron chi connectivity index (χ3n) is 6.05. The van der Waals surface area contributed by atoms with Gasteiger partial charge in [0, 0.05) is 16.7 Å². The van der Waals surface area contributed by atoms with Crippen LogP contribution in [0.25, 0.3) is 32.7 Å². The fourth-order valence-corrected chi connectivity index (χ4v) is 5.92. The van der Waals surface area contributed by atoms with E-state index in [1.54, 1.807) is 0 Å². The van der Waals surface area contributed by atoms with Crippen molar-refractivity contribution in [1.82, 2.24) is 0 Å². The smallest absolute Gasteiger partial charge is 0.419 e. The van der Waals surface area contributed by atoms with Crippen LogP contribution in [-0.4, -0.2) is 0 Å². The van der Waals surface area contributed by atoms with Gasteiger partial charge in [0.05, 0.1) is 0 Å². The van der Waals surface area contributed by atoms with E-state index in [1.165, 1.54) is 16.3 Å². The summed E-state index contributed by atoms with van der Waals surface area (Å²) in [6.07, 6.45) is 16.4. The maximum atomic E-state index is 6.50. The number of hydrogen-bond donors (Lipinski definition) is 0. The molecule has 7 rings (SSSR count). The van der Waals surface area contributed by atoms with Crippen molar-refractivity contribution < 1.29 is 25.5 Å².